The van der Waals surface area contributed by atoms with Gasteiger partial charge in [0.05, 0.1) is 43.6 Å². The second-order valence-electron chi connectivity index (χ2n) is 6.01. The van der Waals surface area contributed by atoms with Crippen molar-refractivity contribution in [2.24, 2.45) is 0 Å². The Morgan fingerprint density at radius 2 is 2.26 bits per heavy atom. The molecule has 2 aliphatic rings. The van der Waals surface area contributed by atoms with Gasteiger partial charge in [0.1, 0.15) is 5.82 Å². The maximum absolute atomic E-state index is 14.0. The highest BCUT2D eigenvalue weighted by Crippen LogP contribution is 2.34. The van der Waals surface area contributed by atoms with Crippen molar-refractivity contribution in [3.63, 3.8) is 0 Å². The number of benzene rings is 1. The number of nitrogens with zero attached hydrogens (tertiary/aromatic N) is 1. The molecule has 6 heteroatoms. The maximum atomic E-state index is 14.0. The van der Waals surface area contributed by atoms with Gasteiger partial charge in [-0.15, -0.1) is 0 Å². The molecule has 0 radical (unpaired) electrons. The summed E-state index contributed by atoms with van der Waals surface area (Å²) >= 11 is 0. The van der Waals surface area contributed by atoms with Gasteiger partial charge in [0.25, 0.3) is 5.91 Å². The molecule has 2 saturated heterocycles. The molecule has 1 spiro atoms. The summed E-state index contributed by atoms with van der Waals surface area (Å²) in [6.07, 6.45) is 0.584. The van der Waals surface area contributed by atoms with Gasteiger partial charge in [0.2, 0.25) is 0 Å². The van der Waals surface area contributed by atoms with Gasteiger partial charge in [-0.3, -0.25) is 4.79 Å². The van der Waals surface area contributed by atoms with Crippen LogP contribution in [-0.2, 0) is 14.2 Å². The largest absolute Gasteiger partial charge is 0.379 e. The molecule has 126 valence electrons. The molecule has 2 aliphatic heterocycles. The van der Waals surface area contributed by atoms with E-state index < -0.39 is 11.4 Å². The van der Waals surface area contributed by atoms with Crippen molar-refractivity contribution in [1.82, 2.24) is 4.90 Å². The molecule has 2 atom stereocenters. The first kappa shape index (κ1) is 16.4. The highest BCUT2D eigenvalue weighted by molar-refractivity contribution is 5.95. The summed E-state index contributed by atoms with van der Waals surface area (Å²) < 4.78 is 30.8. The molecule has 0 unspecified atom stereocenters. The second kappa shape index (κ2) is 6.95. The smallest absolute Gasteiger partial charge is 0.257 e. The molecule has 5 nitrogen and oxygen atoms in total. The van der Waals surface area contributed by atoms with E-state index in [9.17, 15) is 9.18 Å². The van der Waals surface area contributed by atoms with Gasteiger partial charge in [0.15, 0.2) is 0 Å². The van der Waals surface area contributed by atoms with Crippen LogP contribution in [0.25, 0.3) is 0 Å². The Hall–Kier alpha value is -1.50. The molecule has 0 aliphatic carbocycles. The number of hydrogen-bond donors (Lipinski definition) is 0. The predicted octanol–water partition coefficient (Wildman–Crippen LogP) is 1.86. The molecule has 2 heterocycles. The van der Waals surface area contributed by atoms with Crippen molar-refractivity contribution in [3.05, 3.63) is 35.6 Å². The number of amides is 1. The fraction of sp³-hybridized carbons (Fsp3) is 0.588. The Balaban J connectivity index is 1.80. The molecule has 0 saturated carbocycles. The summed E-state index contributed by atoms with van der Waals surface area (Å²) in [6, 6.07) is 6.09. The lowest BCUT2D eigenvalue weighted by atomic mass is 9.92. The predicted molar refractivity (Wildman–Crippen MR) is 81.8 cm³/mol. The van der Waals surface area contributed by atoms with Crippen molar-refractivity contribution < 1.29 is 23.4 Å². The fourth-order valence-corrected chi connectivity index (χ4v) is 3.29. The van der Waals surface area contributed by atoms with E-state index in [1.807, 2.05) is 6.92 Å². The van der Waals surface area contributed by atoms with E-state index in [1.165, 1.54) is 12.1 Å². The monoisotopic (exact) mass is 323 g/mol. The standard InChI is InChI=1S/C17H22FNO4/c1-2-21-10-13-9-17(12-23-13)11-22-8-7-19(17)16(20)14-5-3-4-6-15(14)18/h3-6,13H,2,7-12H2,1H3/t13-,17-/m1/s1. The van der Waals surface area contributed by atoms with Crippen LogP contribution < -0.4 is 0 Å². The van der Waals surface area contributed by atoms with E-state index in [1.54, 1.807) is 17.0 Å². The average Bonchev–Trinajstić information content (AvgIpc) is 2.96. The summed E-state index contributed by atoms with van der Waals surface area (Å²) in [7, 11) is 0. The van der Waals surface area contributed by atoms with Crippen LogP contribution in [0.5, 0.6) is 0 Å². The van der Waals surface area contributed by atoms with Crippen LogP contribution in [0, 0.1) is 5.82 Å². The fourth-order valence-electron chi connectivity index (χ4n) is 3.29. The number of ether oxygens (including phenoxy) is 3. The maximum Gasteiger partial charge on any atom is 0.257 e. The molecule has 0 bridgehead atoms. The van der Waals surface area contributed by atoms with Gasteiger partial charge < -0.3 is 19.1 Å². The zero-order valence-electron chi connectivity index (χ0n) is 13.3. The van der Waals surface area contributed by atoms with Crippen molar-refractivity contribution in [2.45, 2.75) is 25.0 Å². The van der Waals surface area contributed by atoms with Gasteiger partial charge in [-0.1, -0.05) is 12.1 Å². The third-order valence-electron chi connectivity index (χ3n) is 4.46. The Morgan fingerprint density at radius 1 is 1.43 bits per heavy atom. The van der Waals surface area contributed by atoms with E-state index in [2.05, 4.69) is 0 Å². The molecule has 3 rings (SSSR count). The Kier molecular flexibility index (Phi) is 4.94. The number of carbonyl (C=O) groups excluding carboxylic acids is 1. The molecular formula is C17H22FNO4. The van der Waals surface area contributed by atoms with Crippen molar-refractivity contribution >= 4 is 5.91 Å². The number of hydrogen-bond acceptors (Lipinski definition) is 4. The zero-order chi connectivity index (χ0) is 16.3. The first-order chi connectivity index (χ1) is 11.2. The number of morpholine rings is 1. The van der Waals surface area contributed by atoms with Gasteiger partial charge in [-0.25, -0.2) is 4.39 Å². The van der Waals surface area contributed by atoms with Crippen molar-refractivity contribution in [3.8, 4) is 0 Å². The molecule has 1 aromatic rings. The van der Waals surface area contributed by atoms with Crippen LogP contribution >= 0.6 is 0 Å². The normalized spacial score (nSPS) is 27.6. The second-order valence-corrected chi connectivity index (χ2v) is 6.01. The minimum absolute atomic E-state index is 0.0624. The van der Waals surface area contributed by atoms with Crippen LogP contribution in [0.3, 0.4) is 0 Å². The Morgan fingerprint density at radius 3 is 3.04 bits per heavy atom. The highest BCUT2D eigenvalue weighted by Gasteiger charge is 2.49. The van der Waals surface area contributed by atoms with E-state index in [4.69, 9.17) is 14.2 Å². The minimum atomic E-state index is -0.528. The number of halogens is 1. The third-order valence-corrected chi connectivity index (χ3v) is 4.46. The van der Waals surface area contributed by atoms with Gasteiger partial charge in [0, 0.05) is 19.6 Å². The van der Waals surface area contributed by atoms with Crippen LogP contribution in [0.4, 0.5) is 4.39 Å². The molecule has 2 fully saturated rings. The van der Waals surface area contributed by atoms with Crippen molar-refractivity contribution in [2.75, 3.05) is 39.6 Å². The first-order valence-corrected chi connectivity index (χ1v) is 8.00. The Labute approximate surface area is 135 Å². The highest BCUT2D eigenvalue weighted by atomic mass is 19.1. The third kappa shape index (κ3) is 3.24. The first-order valence-electron chi connectivity index (χ1n) is 8.00. The quantitative estimate of drug-likeness (QED) is 0.849. The van der Waals surface area contributed by atoms with Crippen molar-refractivity contribution in [1.29, 1.82) is 0 Å². The van der Waals surface area contributed by atoms with Crippen LogP contribution in [-0.4, -0.2) is 62.0 Å². The van der Waals surface area contributed by atoms with E-state index in [-0.39, 0.29) is 17.6 Å². The summed E-state index contributed by atoms with van der Waals surface area (Å²) in [5.41, 5.74) is -0.429. The molecule has 0 N–H and O–H groups in total. The van der Waals surface area contributed by atoms with E-state index in [0.29, 0.717) is 46.0 Å². The van der Waals surface area contributed by atoms with Gasteiger partial charge >= 0.3 is 0 Å². The van der Waals surface area contributed by atoms with E-state index >= 15 is 0 Å². The number of rotatable bonds is 4. The van der Waals surface area contributed by atoms with Crippen LogP contribution in [0.1, 0.15) is 23.7 Å². The van der Waals surface area contributed by atoms with Crippen LogP contribution in [0.2, 0.25) is 0 Å². The molecule has 0 aromatic heterocycles. The summed E-state index contributed by atoms with van der Waals surface area (Å²) in [5, 5.41) is 0. The summed E-state index contributed by atoms with van der Waals surface area (Å²) in [5.74, 6) is -0.795. The topological polar surface area (TPSA) is 48.0 Å². The molecule has 23 heavy (non-hydrogen) atoms. The lowest BCUT2D eigenvalue weighted by molar-refractivity contribution is -0.0560. The average molecular weight is 323 g/mol. The van der Waals surface area contributed by atoms with Gasteiger partial charge in [-0.2, -0.15) is 0 Å². The lowest BCUT2D eigenvalue weighted by Gasteiger charge is -2.43. The van der Waals surface area contributed by atoms with E-state index in [0.717, 1.165) is 0 Å². The van der Waals surface area contributed by atoms with Gasteiger partial charge in [-0.05, 0) is 19.1 Å². The summed E-state index contributed by atoms with van der Waals surface area (Å²) in [6.45, 7) is 4.76. The lowest BCUT2D eigenvalue weighted by Crippen LogP contribution is -2.60. The minimum Gasteiger partial charge on any atom is -0.379 e. The molecule has 1 aromatic carbocycles. The SMILES string of the molecule is CCOC[C@H]1C[C@@]2(COCCN2C(=O)c2ccccc2F)CO1. The zero-order valence-corrected chi connectivity index (χ0v) is 13.3. The molecular weight excluding hydrogens is 301 g/mol. The Bertz CT molecular complexity index is 567. The summed E-state index contributed by atoms with van der Waals surface area (Å²) in [4.78, 5) is 14.6. The number of carbonyl (C=O) groups is 1. The molecule has 1 amide bonds. The van der Waals surface area contributed by atoms with Crippen LogP contribution in [0.15, 0.2) is 24.3 Å².